The molecule has 3 rings (SSSR count). The zero-order valence-electron chi connectivity index (χ0n) is 18.0. The third-order valence-electron chi connectivity index (χ3n) is 5.81. The normalized spacial score (nSPS) is 11.0. The summed E-state index contributed by atoms with van der Waals surface area (Å²) in [7, 11) is 0. The molecule has 0 fully saturated rings. The van der Waals surface area contributed by atoms with Gasteiger partial charge in [-0.05, 0) is 51.8 Å². The van der Waals surface area contributed by atoms with Crippen molar-refractivity contribution >= 4 is 23.2 Å². The van der Waals surface area contributed by atoms with Crippen molar-refractivity contribution in [2.45, 2.75) is 63.6 Å². The molecule has 0 radical (unpaired) electrons. The van der Waals surface area contributed by atoms with Crippen molar-refractivity contribution in [1.82, 2.24) is 0 Å². The highest BCUT2D eigenvalue weighted by atomic mass is 35.5. The lowest BCUT2D eigenvalue weighted by Crippen LogP contribution is -2.02. The molecule has 0 aliphatic heterocycles. The Morgan fingerprint density at radius 2 is 1.17 bits per heavy atom. The Labute approximate surface area is 192 Å². The fourth-order valence-electron chi connectivity index (χ4n) is 4.28. The third-order valence-corrected chi connectivity index (χ3v) is 6.37. The van der Waals surface area contributed by atoms with Crippen molar-refractivity contribution < 1.29 is 0 Å². The summed E-state index contributed by atoms with van der Waals surface area (Å²) >= 11 is 13.1. The number of hydrogen-bond donors (Lipinski definition) is 0. The van der Waals surface area contributed by atoms with Gasteiger partial charge in [-0.2, -0.15) is 0 Å². The van der Waals surface area contributed by atoms with E-state index in [1.54, 1.807) is 0 Å². The molecule has 0 spiro atoms. The van der Waals surface area contributed by atoms with Gasteiger partial charge < -0.3 is 0 Å². The number of unbranched alkanes of at least 4 members (excludes halogenated alkanes) is 5. The van der Waals surface area contributed by atoms with Crippen LogP contribution >= 0.6 is 23.2 Å². The molecule has 0 N–H and O–H groups in total. The quantitative estimate of drug-likeness (QED) is 0.206. The van der Waals surface area contributed by atoms with Gasteiger partial charge in [-0.25, -0.2) is 0 Å². The molecule has 30 heavy (non-hydrogen) atoms. The molecule has 0 heterocycles. The average molecular weight is 439 g/mol. The summed E-state index contributed by atoms with van der Waals surface area (Å²) < 4.78 is 0. The highest BCUT2D eigenvalue weighted by Crippen LogP contribution is 2.41. The zero-order valence-corrected chi connectivity index (χ0v) is 19.5. The Morgan fingerprint density at radius 3 is 1.73 bits per heavy atom. The van der Waals surface area contributed by atoms with Crippen LogP contribution in [0.2, 0.25) is 0 Å². The summed E-state index contributed by atoms with van der Waals surface area (Å²) in [6.07, 6.45) is 8.83. The minimum Gasteiger partial charge on any atom is -0.122 e. The molecule has 0 amide bonds. The average Bonchev–Trinajstić information content (AvgIpc) is 2.81. The van der Waals surface area contributed by atoms with Gasteiger partial charge in [0.25, 0.3) is 0 Å². The number of halogens is 2. The largest absolute Gasteiger partial charge is 0.122 e. The van der Waals surface area contributed by atoms with Crippen LogP contribution in [0.3, 0.4) is 0 Å². The Hall–Kier alpha value is -1.76. The van der Waals surface area contributed by atoms with Gasteiger partial charge in [0, 0.05) is 11.8 Å². The second-order valence-electron chi connectivity index (χ2n) is 7.94. The monoisotopic (exact) mass is 438 g/mol. The maximum absolute atomic E-state index is 6.59. The molecule has 0 saturated carbocycles. The molecule has 0 aliphatic rings. The van der Waals surface area contributed by atoms with Gasteiger partial charge in [-0.3, -0.25) is 0 Å². The van der Waals surface area contributed by atoms with Gasteiger partial charge in [0.15, 0.2) is 0 Å². The molecule has 0 aromatic heterocycles. The maximum Gasteiger partial charge on any atom is 0.0483 e. The highest BCUT2D eigenvalue weighted by Gasteiger charge is 2.19. The van der Waals surface area contributed by atoms with Crippen LogP contribution in [-0.2, 0) is 18.2 Å². The van der Waals surface area contributed by atoms with Gasteiger partial charge in [0.05, 0.1) is 0 Å². The van der Waals surface area contributed by atoms with E-state index in [-0.39, 0.29) is 0 Å². The molecule has 2 heteroatoms. The summed E-state index contributed by atoms with van der Waals surface area (Å²) in [4.78, 5) is 0. The smallest absolute Gasteiger partial charge is 0.0483 e. The van der Waals surface area contributed by atoms with Crippen LogP contribution in [-0.4, -0.2) is 0 Å². The second kappa shape index (κ2) is 12.2. The van der Waals surface area contributed by atoms with Gasteiger partial charge in [-0.15, -0.1) is 23.2 Å². The van der Waals surface area contributed by atoms with Crippen molar-refractivity contribution in [3.63, 3.8) is 0 Å². The van der Waals surface area contributed by atoms with Crippen LogP contribution in [0, 0.1) is 0 Å². The molecule has 158 valence electrons. The number of hydrogen-bond acceptors (Lipinski definition) is 0. The molecular weight excluding hydrogens is 407 g/mol. The fraction of sp³-hybridized carbons (Fsp3) is 0.357. The number of rotatable bonds is 11. The van der Waals surface area contributed by atoms with Gasteiger partial charge >= 0.3 is 0 Å². The third kappa shape index (κ3) is 5.68. The Kier molecular flexibility index (Phi) is 9.30. The predicted molar refractivity (Wildman–Crippen MR) is 134 cm³/mol. The van der Waals surface area contributed by atoms with Crippen LogP contribution < -0.4 is 0 Å². The number of benzene rings is 3. The Balaban J connectivity index is 2.05. The molecule has 0 saturated heterocycles. The first kappa shape index (κ1) is 22.9. The van der Waals surface area contributed by atoms with E-state index in [0.29, 0.717) is 11.8 Å². The van der Waals surface area contributed by atoms with E-state index in [1.807, 2.05) is 0 Å². The van der Waals surface area contributed by atoms with Gasteiger partial charge in [0.2, 0.25) is 0 Å². The topological polar surface area (TPSA) is 0 Å². The van der Waals surface area contributed by atoms with E-state index < -0.39 is 0 Å². The molecule has 3 aromatic carbocycles. The van der Waals surface area contributed by atoms with Crippen LogP contribution in [0.1, 0.15) is 62.1 Å². The standard InChI is InChI=1S/C28H32Cl2/c1-2-3-4-5-6-9-18-24-19-25(20-29)27(22-14-10-7-11-15-22)28(26(24)21-30)23-16-12-8-13-17-23/h7-8,10-17,19H,2-6,9,18,20-21H2,1H3. The lowest BCUT2D eigenvalue weighted by atomic mass is 9.84. The van der Waals surface area contributed by atoms with Crippen molar-refractivity contribution in [2.24, 2.45) is 0 Å². The second-order valence-corrected chi connectivity index (χ2v) is 8.47. The van der Waals surface area contributed by atoms with Crippen LogP contribution in [0.25, 0.3) is 22.3 Å². The summed E-state index contributed by atoms with van der Waals surface area (Å²) in [5.74, 6) is 1.01. The minimum atomic E-state index is 0.496. The number of aryl methyl sites for hydroxylation is 1. The first-order chi connectivity index (χ1) is 14.8. The van der Waals surface area contributed by atoms with E-state index in [0.717, 1.165) is 6.42 Å². The molecule has 0 unspecified atom stereocenters. The molecule has 0 nitrogen and oxygen atoms in total. The van der Waals surface area contributed by atoms with Crippen molar-refractivity contribution in [3.8, 4) is 22.3 Å². The molecule has 0 bridgehead atoms. The molecule has 0 aliphatic carbocycles. The van der Waals surface area contributed by atoms with E-state index in [4.69, 9.17) is 23.2 Å². The first-order valence-electron chi connectivity index (χ1n) is 11.2. The molecule has 0 atom stereocenters. The summed E-state index contributed by atoms with van der Waals surface area (Å²) in [5.41, 5.74) is 8.68. The van der Waals surface area contributed by atoms with Crippen molar-refractivity contribution in [1.29, 1.82) is 0 Å². The minimum absolute atomic E-state index is 0.496. The number of alkyl halides is 2. The SMILES string of the molecule is CCCCCCCCc1cc(CCl)c(-c2ccccc2)c(-c2ccccc2)c1CCl. The zero-order chi connectivity index (χ0) is 21.2. The van der Waals surface area contributed by atoms with Crippen LogP contribution in [0.4, 0.5) is 0 Å². The van der Waals surface area contributed by atoms with E-state index >= 15 is 0 Å². The van der Waals surface area contributed by atoms with Crippen molar-refractivity contribution in [3.05, 3.63) is 83.4 Å². The highest BCUT2D eigenvalue weighted by molar-refractivity contribution is 6.19. The predicted octanol–water partition coefficient (Wildman–Crippen LogP) is 9.40. The molecule has 3 aromatic rings. The van der Waals surface area contributed by atoms with E-state index in [2.05, 4.69) is 73.7 Å². The van der Waals surface area contributed by atoms with E-state index in [1.165, 1.54) is 77.5 Å². The van der Waals surface area contributed by atoms with Crippen LogP contribution in [0.15, 0.2) is 66.7 Å². The summed E-state index contributed by atoms with van der Waals surface area (Å²) in [5, 5.41) is 0. The summed E-state index contributed by atoms with van der Waals surface area (Å²) in [6.45, 7) is 2.26. The Bertz CT molecular complexity index is 901. The fourth-order valence-corrected chi connectivity index (χ4v) is 4.79. The Morgan fingerprint density at radius 1 is 0.600 bits per heavy atom. The van der Waals surface area contributed by atoms with Gasteiger partial charge in [-0.1, -0.05) is 106 Å². The molecular formula is C28H32Cl2. The van der Waals surface area contributed by atoms with E-state index in [9.17, 15) is 0 Å². The lowest BCUT2D eigenvalue weighted by molar-refractivity contribution is 0.607. The van der Waals surface area contributed by atoms with Crippen molar-refractivity contribution in [2.75, 3.05) is 0 Å². The summed E-state index contributed by atoms with van der Waals surface area (Å²) in [6, 6.07) is 23.5. The van der Waals surface area contributed by atoms with Crippen LogP contribution in [0.5, 0.6) is 0 Å². The first-order valence-corrected chi connectivity index (χ1v) is 12.3. The van der Waals surface area contributed by atoms with Gasteiger partial charge in [0.1, 0.15) is 0 Å². The lowest BCUT2D eigenvalue weighted by Gasteiger charge is -2.22. The maximum atomic E-state index is 6.59.